The standard InChI is InChI=1S/C8H7BF3N3O/c1-3-2-15-6(16)4(9)5(8(10,11)12)14-7(15)13-3/h2H,9H2,1H3,(H,13,14). The van der Waals surface area contributed by atoms with Crippen molar-refractivity contribution < 1.29 is 13.2 Å². The summed E-state index contributed by atoms with van der Waals surface area (Å²) in [7, 11) is 1.12. The second-order valence-corrected chi connectivity index (χ2v) is 3.52. The van der Waals surface area contributed by atoms with E-state index in [2.05, 4.69) is 9.97 Å². The number of aryl methyl sites for hydroxylation is 1. The summed E-state index contributed by atoms with van der Waals surface area (Å²) in [6, 6.07) is 0. The number of rotatable bonds is 0. The number of H-pyrrole nitrogens is 1. The molecule has 0 aliphatic carbocycles. The Morgan fingerprint density at radius 2 is 2.12 bits per heavy atom. The highest BCUT2D eigenvalue weighted by molar-refractivity contribution is 6.32. The van der Waals surface area contributed by atoms with Crippen LogP contribution in [0.5, 0.6) is 0 Å². The number of aromatic nitrogens is 3. The van der Waals surface area contributed by atoms with Gasteiger partial charge in [0, 0.05) is 17.4 Å². The van der Waals surface area contributed by atoms with E-state index < -0.39 is 22.9 Å². The maximum Gasteiger partial charge on any atom is 0.433 e. The predicted molar refractivity (Wildman–Crippen MR) is 53.7 cm³/mol. The lowest BCUT2D eigenvalue weighted by molar-refractivity contribution is -0.140. The Labute approximate surface area is 88.5 Å². The Kier molecular flexibility index (Phi) is 2.11. The van der Waals surface area contributed by atoms with Crippen LogP contribution in [0.3, 0.4) is 0 Å². The highest BCUT2D eigenvalue weighted by Crippen LogP contribution is 2.25. The second-order valence-electron chi connectivity index (χ2n) is 3.52. The lowest BCUT2D eigenvalue weighted by Gasteiger charge is -2.08. The fourth-order valence-corrected chi connectivity index (χ4v) is 1.51. The SMILES string of the molecule is Bc1c(C(F)(F)F)nc2[nH]c(C)cn2c1=O. The molecule has 0 radical (unpaired) electrons. The van der Waals surface area contributed by atoms with Crippen LogP contribution in [0.4, 0.5) is 13.2 Å². The van der Waals surface area contributed by atoms with Gasteiger partial charge in [-0.1, -0.05) is 0 Å². The minimum atomic E-state index is -4.61. The maximum atomic E-state index is 12.5. The molecule has 0 aliphatic heterocycles. The van der Waals surface area contributed by atoms with Gasteiger partial charge in [-0.3, -0.25) is 9.20 Å². The van der Waals surface area contributed by atoms with E-state index in [4.69, 9.17) is 0 Å². The van der Waals surface area contributed by atoms with Gasteiger partial charge in [-0.15, -0.1) is 0 Å². The van der Waals surface area contributed by atoms with Gasteiger partial charge in [0.1, 0.15) is 13.5 Å². The minimum absolute atomic E-state index is 0.0968. The van der Waals surface area contributed by atoms with Crippen molar-refractivity contribution in [3.05, 3.63) is 27.9 Å². The third-order valence-corrected chi connectivity index (χ3v) is 2.24. The van der Waals surface area contributed by atoms with E-state index in [1.54, 1.807) is 6.92 Å². The molecule has 0 bridgehead atoms. The first-order valence-corrected chi connectivity index (χ1v) is 4.46. The molecule has 2 rings (SSSR count). The van der Waals surface area contributed by atoms with Crippen LogP contribution in [0.2, 0.25) is 0 Å². The first-order chi connectivity index (χ1) is 7.30. The molecule has 0 saturated carbocycles. The zero-order chi connectivity index (χ0) is 12.1. The fourth-order valence-electron chi connectivity index (χ4n) is 1.51. The van der Waals surface area contributed by atoms with Gasteiger partial charge in [-0.25, -0.2) is 4.98 Å². The summed E-state index contributed by atoms with van der Waals surface area (Å²) < 4.78 is 38.7. The molecule has 2 heterocycles. The molecule has 4 nitrogen and oxygen atoms in total. The molecule has 0 amide bonds. The van der Waals surface area contributed by atoms with Gasteiger partial charge in [-0.05, 0) is 6.92 Å². The van der Waals surface area contributed by atoms with Crippen LogP contribution in [0, 0.1) is 6.92 Å². The van der Waals surface area contributed by atoms with Gasteiger partial charge in [-0.2, -0.15) is 13.2 Å². The molecule has 1 N–H and O–H groups in total. The van der Waals surface area contributed by atoms with Gasteiger partial charge in [0.05, 0.1) is 0 Å². The molecule has 0 aromatic carbocycles. The third kappa shape index (κ3) is 1.50. The topological polar surface area (TPSA) is 50.2 Å². The van der Waals surface area contributed by atoms with Crippen molar-refractivity contribution in [2.75, 3.05) is 0 Å². The Balaban J connectivity index is 2.89. The van der Waals surface area contributed by atoms with Crippen molar-refractivity contribution in [2.24, 2.45) is 0 Å². The third-order valence-electron chi connectivity index (χ3n) is 2.24. The summed E-state index contributed by atoms with van der Waals surface area (Å²) in [5.74, 6) is -0.0968. The van der Waals surface area contributed by atoms with Crippen molar-refractivity contribution >= 4 is 19.1 Å². The Hall–Kier alpha value is -1.73. The van der Waals surface area contributed by atoms with Crippen molar-refractivity contribution in [1.29, 1.82) is 0 Å². The van der Waals surface area contributed by atoms with Crippen LogP contribution in [-0.4, -0.2) is 22.2 Å². The maximum absolute atomic E-state index is 12.5. The van der Waals surface area contributed by atoms with Crippen molar-refractivity contribution in [2.45, 2.75) is 13.1 Å². The average molecular weight is 229 g/mol. The fraction of sp³-hybridized carbons (Fsp3) is 0.250. The number of imidazole rings is 1. The van der Waals surface area contributed by atoms with E-state index in [1.807, 2.05) is 0 Å². The minimum Gasteiger partial charge on any atom is -0.328 e. The van der Waals surface area contributed by atoms with E-state index in [1.165, 1.54) is 6.20 Å². The number of aromatic amines is 1. The van der Waals surface area contributed by atoms with Crippen molar-refractivity contribution in [1.82, 2.24) is 14.4 Å². The summed E-state index contributed by atoms with van der Waals surface area (Å²) in [5, 5.41) is 0. The molecule has 0 fully saturated rings. The Bertz CT molecular complexity index is 613. The molecular weight excluding hydrogens is 222 g/mol. The van der Waals surface area contributed by atoms with Crippen LogP contribution in [0.15, 0.2) is 11.0 Å². The van der Waals surface area contributed by atoms with Gasteiger partial charge in [0.15, 0.2) is 0 Å². The molecule has 0 spiro atoms. The quantitative estimate of drug-likeness (QED) is 0.625. The zero-order valence-corrected chi connectivity index (χ0v) is 8.51. The summed E-state index contributed by atoms with van der Waals surface area (Å²) in [6.07, 6.45) is -3.20. The largest absolute Gasteiger partial charge is 0.433 e. The highest BCUT2D eigenvalue weighted by Gasteiger charge is 2.35. The van der Waals surface area contributed by atoms with Gasteiger partial charge in [0.2, 0.25) is 5.78 Å². The van der Waals surface area contributed by atoms with E-state index >= 15 is 0 Å². The smallest absolute Gasteiger partial charge is 0.328 e. The van der Waals surface area contributed by atoms with Crippen LogP contribution >= 0.6 is 0 Å². The number of nitrogens with one attached hydrogen (secondary N) is 1. The second kappa shape index (κ2) is 3.13. The lowest BCUT2D eigenvalue weighted by Crippen LogP contribution is -2.38. The number of hydrogen-bond donors (Lipinski definition) is 1. The molecule has 0 atom stereocenters. The normalized spacial score (nSPS) is 12.2. The highest BCUT2D eigenvalue weighted by atomic mass is 19.4. The molecule has 8 heteroatoms. The van der Waals surface area contributed by atoms with E-state index in [0.29, 0.717) is 5.69 Å². The number of nitrogens with zero attached hydrogens (tertiary/aromatic N) is 2. The average Bonchev–Trinajstić information content (AvgIpc) is 2.51. The predicted octanol–water partition coefficient (Wildman–Crippen LogP) is -0.392. The van der Waals surface area contributed by atoms with E-state index in [0.717, 1.165) is 12.2 Å². The van der Waals surface area contributed by atoms with Crippen LogP contribution in [0.25, 0.3) is 5.78 Å². The Morgan fingerprint density at radius 1 is 1.50 bits per heavy atom. The van der Waals surface area contributed by atoms with Gasteiger partial charge < -0.3 is 4.98 Å². The van der Waals surface area contributed by atoms with Gasteiger partial charge >= 0.3 is 6.18 Å². The summed E-state index contributed by atoms with van der Waals surface area (Å²) >= 11 is 0. The molecule has 2 aromatic heterocycles. The molecule has 0 saturated heterocycles. The number of fused-ring (bicyclic) bond motifs is 1. The summed E-state index contributed by atoms with van der Waals surface area (Å²) in [4.78, 5) is 17.6. The molecule has 0 unspecified atom stereocenters. The number of alkyl halides is 3. The molecule has 16 heavy (non-hydrogen) atoms. The number of hydrogen-bond acceptors (Lipinski definition) is 2. The van der Waals surface area contributed by atoms with Crippen molar-refractivity contribution in [3.8, 4) is 0 Å². The number of halogens is 3. The first kappa shape index (κ1) is 10.8. The zero-order valence-electron chi connectivity index (χ0n) is 8.51. The summed E-state index contributed by atoms with van der Waals surface area (Å²) in [5.41, 5.74) is -1.67. The lowest BCUT2D eigenvalue weighted by atomic mass is 9.95. The molecule has 2 aromatic rings. The Morgan fingerprint density at radius 3 is 2.69 bits per heavy atom. The van der Waals surface area contributed by atoms with Crippen LogP contribution in [-0.2, 0) is 6.18 Å². The summed E-state index contributed by atoms with van der Waals surface area (Å²) in [6.45, 7) is 1.64. The molecule has 0 aliphatic rings. The van der Waals surface area contributed by atoms with Crippen molar-refractivity contribution in [3.63, 3.8) is 0 Å². The molecular formula is C8H7BF3N3O. The molecule has 84 valence electrons. The van der Waals surface area contributed by atoms with Crippen LogP contribution in [0.1, 0.15) is 11.4 Å². The first-order valence-electron chi connectivity index (χ1n) is 4.46. The van der Waals surface area contributed by atoms with Crippen LogP contribution < -0.4 is 11.0 Å². The van der Waals surface area contributed by atoms with Gasteiger partial charge in [0.25, 0.3) is 5.56 Å². The monoisotopic (exact) mass is 229 g/mol. The van der Waals surface area contributed by atoms with E-state index in [9.17, 15) is 18.0 Å². The van der Waals surface area contributed by atoms with E-state index in [-0.39, 0.29) is 5.78 Å².